The van der Waals surface area contributed by atoms with E-state index in [-0.39, 0.29) is 30.7 Å². The van der Waals surface area contributed by atoms with E-state index in [1.54, 1.807) is 11.9 Å². The molecule has 0 bridgehead atoms. The molecule has 0 aliphatic carbocycles. The first-order valence-corrected chi connectivity index (χ1v) is 7.45. The molecule has 0 fully saturated rings. The van der Waals surface area contributed by atoms with Crippen molar-refractivity contribution in [2.75, 3.05) is 13.6 Å². The van der Waals surface area contributed by atoms with Gasteiger partial charge in [0.15, 0.2) is 5.82 Å². The summed E-state index contributed by atoms with van der Waals surface area (Å²) in [6.45, 7) is 4.55. The van der Waals surface area contributed by atoms with Crippen LogP contribution in [-0.4, -0.2) is 45.6 Å². The van der Waals surface area contributed by atoms with Crippen molar-refractivity contribution in [3.63, 3.8) is 0 Å². The highest BCUT2D eigenvalue weighted by molar-refractivity contribution is 5.84. The molecule has 0 atom stereocenters. The summed E-state index contributed by atoms with van der Waals surface area (Å²) >= 11 is 0. The van der Waals surface area contributed by atoms with E-state index >= 15 is 0 Å². The van der Waals surface area contributed by atoms with Crippen LogP contribution in [-0.2, 0) is 17.9 Å². The van der Waals surface area contributed by atoms with E-state index in [4.69, 9.17) is 14.0 Å². The molecule has 0 spiro atoms. The molecule has 2 heterocycles. The molecule has 0 aliphatic rings. The molecule has 0 saturated carbocycles. The number of furan rings is 1. The molecule has 9 nitrogen and oxygen atoms in total. The zero-order valence-electron chi connectivity index (χ0n) is 13.8. The Morgan fingerprint density at radius 2 is 2.12 bits per heavy atom. The first-order valence-electron chi connectivity index (χ1n) is 7.45. The monoisotopic (exact) mass is 336 g/mol. The molecule has 9 heteroatoms. The molecule has 2 aromatic rings. The molecule has 2 aromatic heterocycles. The number of hydrogen-bond donors (Lipinski definition) is 2. The second-order valence-electron chi connectivity index (χ2n) is 5.72. The number of amides is 1. The topological polar surface area (TPSA) is 122 Å². The Morgan fingerprint density at radius 3 is 2.71 bits per heavy atom. The predicted molar refractivity (Wildman–Crippen MR) is 82.2 cm³/mol. The molecular weight excluding hydrogens is 316 g/mol. The SMILES string of the molecule is CC(C)c1noc(CN(C)CC(=O)NCc2ccc(C(=O)O)o2)n1. The number of nitrogens with zero attached hydrogens (tertiary/aromatic N) is 3. The zero-order chi connectivity index (χ0) is 17.7. The Balaban J connectivity index is 1.77. The van der Waals surface area contributed by atoms with E-state index in [9.17, 15) is 9.59 Å². The van der Waals surface area contributed by atoms with Crippen molar-refractivity contribution in [2.45, 2.75) is 32.9 Å². The van der Waals surface area contributed by atoms with Crippen molar-refractivity contribution in [1.82, 2.24) is 20.4 Å². The number of nitrogens with one attached hydrogen (secondary N) is 1. The Morgan fingerprint density at radius 1 is 1.38 bits per heavy atom. The molecule has 0 unspecified atom stereocenters. The van der Waals surface area contributed by atoms with Gasteiger partial charge < -0.3 is 19.4 Å². The lowest BCUT2D eigenvalue weighted by molar-refractivity contribution is -0.122. The first kappa shape index (κ1) is 17.7. The molecule has 24 heavy (non-hydrogen) atoms. The van der Waals surface area contributed by atoms with E-state index in [2.05, 4.69) is 15.5 Å². The number of aromatic carboxylic acids is 1. The van der Waals surface area contributed by atoms with Crippen LogP contribution in [0.5, 0.6) is 0 Å². The number of carboxylic acid groups (broad SMARTS) is 1. The normalized spacial score (nSPS) is 11.2. The lowest BCUT2D eigenvalue weighted by Crippen LogP contribution is -2.34. The van der Waals surface area contributed by atoms with Gasteiger partial charge in [-0.25, -0.2) is 4.79 Å². The summed E-state index contributed by atoms with van der Waals surface area (Å²) < 4.78 is 10.2. The molecule has 0 aromatic carbocycles. The third-order valence-corrected chi connectivity index (χ3v) is 3.15. The van der Waals surface area contributed by atoms with Gasteiger partial charge >= 0.3 is 5.97 Å². The van der Waals surface area contributed by atoms with Crippen LogP contribution in [0.2, 0.25) is 0 Å². The van der Waals surface area contributed by atoms with Gasteiger partial charge in [0.25, 0.3) is 0 Å². The van der Waals surface area contributed by atoms with Gasteiger partial charge in [-0.3, -0.25) is 9.69 Å². The van der Waals surface area contributed by atoms with Gasteiger partial charge in [-0.15, -0.1) is 0 Å². The summed E-state index contributed by atoms with van der Waals surface area (Å²) in [5, 5.41) is 15.3. The van der Waals surface area contributed by atoms with E-state index < -0.39 is 5.97 Å². The highest BCUT2D eigenvalue weighted by Gasteiger charge is 2.14. The van der Waals surface area contributed by atoms with E-state index in [1.165, 1.54) is 12.1 Å². The van der Waals surface area contributed by atoms with E-state index in [1.807, 2.05) is 13.8 Å². The standard InChI is InChI=1S/C15H20N4O5/c1-9(2)14-17-13(24-18-14)8-19(3)7-12(20)16-6-10-4-5-11(23-10)15(21)22/h4-5,9H,6-8H2,1-3H3,(H,16,20)(H,21,22). The summed E-state index contributed by atoms with van der Waals surface area (Å²) in [5.41, 5.74) is 0. The lowest BCUT2D eigenvalue weighted by atomic mass is 10.2. The quantitative estimate of drug-likeness (QED) is 0.738. The zero-order valence-corrected chi connectivity index (χ0v) is 13.8. The number of carbonyl (C=O) groups is 2. The van der Waals surface area contributed by atoms with Crippen molar-refractivity contribution in [1.29, 1.82) is 0 Å². The van der Waals surface area contributed by atoms with Crippen molar-refractivity contribution in [2.24, 2.45) is 0 Å². The van der Waals surface area contributed by atoms with Crippen molar-refractivity contribution < 1.29 is 23.6 Å². The van der Waals surface area contributed by atoms with E-state index in [0.29, 0.717) is 24.0 Å². The third-order valence-electron chi connectivity index (χ3n) is 3.15. The highest BCUT2D eigenvalue weighted by atomic mass is 16.5. The first-order chi connectivity index (χ1) is 11.3. The molecule has 2 N–H and O–H groups in total. The minimum atomic E-state index is -1.15. The smallest absolute Gasteiger partial charge is 0.371 e. The maximum Gasteiger partial charge on any atom is 0.371 e. The highest BCUT2D eigenvalue weighted by Crippen LogP contribution is 2.10. The van der Waals surface area contributed by atoms with Crippen LogP contribution in [0.3, 0.4) is 0 Å². The molecule has 130 valence electrons. The van der Waals surface area contributed by atoms with Crippen LogP contribution >= 0.6 is 0 Å². The second-order valence-corrected chi connectivity index (χ2v) is 5.72. The van der Waals surface area contributed by atoms with Gasteiger partial charge in [-0.2, -0.15) is 4.98 Å². The second kappa shape index (κ2) is 7.73. The maximum atomic E-state index is 11.9. The third kappa shape index (κ3) is 4.92. The van der Waals surface area contributed by atoms with Crippen LogP contribution < -0.4 is 5.32 Å². The number of hydrogen-bond acceptors (Lipinski definition) is 7. The fourth-order valence-corrected chi connectivity index (χ4v) is 1.93. The summed E-state index contributed by atoms with van der Waals surface area (Å²) in [5.74, 6) is 0.110. The number of rotatable bonds is 8. The Kier molecular flexibility index (Phi) is 5.69. The minimum Gasteiger partial charge on any atom is -0.475 e. The Labute approximate surface area is 138 Å². The number of carboxylic acids is 1. The number of likely N-dealkylation sites (N-methyl/N-ethyl adjacent to an activating group) is 1. The Bertz CT molecular complexity index is 706. The van der Waals surface area contributed by atoms with Gasteiger partial charge in [0.1, 0.15) is 5.76 Å². The maximum absolute atomic E-state index is 11.9. The summed E-state index contributed by atoms with van der Waals surface area (Å²) in [4.78, 5) is 28.6. The van der Waals surface area contributed by atoms with Gasteiger partial charge in [0.2, 0.25) is 17.6 Å². The van der Waals surface area contributed by atoms with Crippen LogP contribution in [0.1, 0.15) is 47.8 Å². The van der Waals surface area contributed by atoms with Gasteiger partial charge in [0, 0.05) is 5.92 Å². The largest absolute Gasteiger partial charge is 0.475 e. The van der Waals surface area contributed by atoms with E-state index in [0.717, 1.165) is 0 Å². The molecule has 0 aliphatic heterocycles. The van der Waals surface area contributed by atoms with Gasteiger partial charge in [0.05, 0.1) is 19.6 Å². The molecule has 0 saturated heterocycles. The summed E-state index contributed by atoms with van der Waals surface area (Å²) in [6.07, 6.45) is 0. The number of aromatic nitrogens is 2. The van der Waals surface area contributed by atoms with Crippen LogP contribution in [0.25, 0.3) is 0 Å². The van der Waals surface area contributed by atoms with Crippen molar-refractivity contribution in [3.8, 4) is 0 Å². The molecule has 1 amide bonds. The predicted octanol–water partition coefficient (Wildman–Crippen LogP) is 1.23. The van der Waals surface area contributed by atoms with Crippen LogP contribution in [0.15, 0.2) is 21.1 Å². The number of carbonyl (C=O) groups excluding carboxylic acids is 1. The average molecular weight is 336 g/mol. The lowest BCUT2D eigenvalue weighted by Gasteiger charge is -2.13. The molecular formula is C15H20N4O5. The van der Waals surface area contributed by atoms with Crippen LogP contribution in [0, 0.1) is 0 Å². The van der Waals surface area contributed by atoms with Crippen LogP contribution in [0.4, 0.5) is 0 Å². The molecule has 2 rings (SSSR count). The van der Waals surface area contributed by atoms with Gasteiger partial charge in [-0.1, -0.05) is 19.0 Å². The minimum absolute atomic E-state index is 0.123. The Hall–Kier alpha value is -2.68. The summed E-state index contributed by atoms with van der Waals surface area (Å²) in [7, 11) is 1.76. The van der Waals surface area contributed by atoms with Crippen molar-refractivity contribution in [3.05, 3.63) is 35.4 Å². The summed E-state index contributed by atoms with van der Waals surface area (Å²) in [6, 6.07) is 2.86. The molecule has 0 radical (unpaired) electrons. The average Bonchev–Trinajstić information content (AvgIpc) is 3.13. The van der Waals surface area contributed by atoms with Crippen molar-refractivity contribution >= 4 is 11.9 Å². The fourth-order valence-electron chi connectivity index (χ4n) is 1.93. The fraction of sp³-hybridized carbons (Fsp3) is 0.467. The van der Waals surface area contributed by atoms with Gasteiger partial charge in [-0.05, 0) is 19.2 Å².